The maximum atomic E-state index is 12.3. The lowest BCUT2D eigenvalue weighted by Gasteiger charge is -2.29. The van der Waals surface area contributed by atoms with Crippen molar-refractivity contribution in [3.8, 4) is 5.75 Å². The Morgan fingerprint density at radius 2 is 2.22 bits per heavy atom. The number of alkyl halides is 2. The summed E-state index contributed by atoms with van der Waals surface area (Å²) in [5, 5.41) is 12.2. The highest BCUT2D eigenvalue weighted by Gasteiger charge is 2.19. The summed E-state index contributed by atoms with van der Waals surface area (Å²) in [4.78, 5) is 15.3. The van der Waals surface area contributed by atoms with Crippen molar-refractivity contribution >= 4 is 17.2 Å². The molecule has 0 atom stereocenters. The minimum absolute atomic E-state index is 0.0648. The normalized spacial score (nSPS) is 16.7. The summed E-state index contributed by atoms with van der Waals surface area (Å²) in [6, 6.07) is 1.45. The molecule has 23 heavy (non-hydrogen) atoms. The molecule has 8 heteroatoms. The number of amides is 1. The fraction of sp³-hybridized carbons (Fsp3) is 0.667. The Morgan fingerprint density at radius 1 is 1.52 bits per heavy atom. The van der Waals surface area contributed by atoms with Gasteiger partial charge in [0.15, 0.2) is 0 Å². The Balaban J connectivity index is 1.74. The van der Waals surface area contributed by atoms with Crippen LogP contribution in [0.25, 0.3) is 0 Å². The van der Waals surface area contributed by atoms with Crippen molar-refractivity contribution in [2.24, 2.45) is 0 Å². The molecule has 1 aliphatic rings. The topological polar surface area (TPSA) is 61.8 Å². The third-order valence-corrected chi connectivity index (χ3v) is 4.77. The number of likely N-dealkylation sites (tertiary alicyclic amines) is 1. The van der Waals surface area contributed by atoms with Crippen LogP contribution in [0, 0.1) is 6.92 Å². The highest BCUT2D eigenvalue weighted by atomic mass is 32.1. The van der Waals surface area contributed by atoms with Gasteiger partial charge in [0.2, 0.25) is 0 Å². The van der Waals surface area contributed by atoms with Crippen LogP contribution in [0.3, 0.4) is 0 Å². The number of hydrogen-bond donors (Lipinski definition) is 2. The second-order valence-electron chi connectivity index (χ2n) is 5.61. The summed E-state index contributed by atoms with van der Waals surface area (Å²) in [6.45, 7) is 1.85. The van der Waals surface area contributed by atoms with Gasteiger partial charge in [-0.2, -0.15) is 8.78 Å². The molecule has 0 aliphatic carbocycles. The largest absolute Gasteiger partial charge is 0.433 e. The smallest absolute Gasteiger partial charge is 0.387 e. The molecule has 2 heterocycles. The van der Waals surface area contributed by atoms with E-state index < -0.39 is 6.61 Å². The van der Waals surface area contributed by atoms with Gasteiger partial charge in [0.05, 0.1) is 6.10 Å². The van der Waals surface area contributed by atoms with Crippen LogP contribution >= 0.6 is 11.3 Å². The van der Waals surface area contributed by atoms with Crippen LogP contribution < -0.4 is 10.1 Å². The van der Waals surface area contributed by atoms with Gasteiger partial charge in [0, 0.05) is 24.5 Å². The lowest BCUT2D eigenvalue weighted by atomic mass is 10.1. The van der Waals surface area contributed by atoms with E-state index in [0.29, 0.717) is 6.54 Å². The maximum absolute atomic E-state index is 12.3. The van der Waals surface area contributed by atoms with Gasteiger partial charge in [0.25, 0.3) is 5.91 Å². The van der Waals surface area contributed by atoms with E-state index in [1.54, 1.807) is 6.92 Å². The molecule has 0 bridgehead atoms. The number of thiophene rings is 1. The molecule has 1 aromatic heterocycles. The zero-order valence-corrected chi connectivity index (χ0v) is 13.9. The summed E-state index contributed by atoms with van der Waals surface area (Å²) in [7, 11) is 0. The standard InChI is InChI=1S/C15H22F2N2O3S/c1-10-9-12(22-15(16)17)13(23-10)14(21)18-5-2-6-19-7-3-11(20)4-8-19/h9,11,15,20H,2-8H2,1H3,(H,18,21). The summed E-state index contributed by atoms with van der Waals surface area (Å²) >= 11 is 1.14. The van der Waals surface area contributed by atoms with Crippen LogP contribution in [0.4, 0.5) is 8.78 Å². The molecule has 1 fully saturated rings. The number of aliphatic hydroxyl groups is 1. The van der Waals surface area contributed by atoms with Crippen molar-refractivity contribution in [3.05, 3.63) is 15.8 Å². The van der Waals surface area contributed by atoms with Crippen LogP contribution in [0.15, 0.2) is 6.07 Å². The zero-order chi connectivity index (χ0) is 16.8. The number of nitrogens with zero attached hydrogens (tertiary/aromatic N) is 1. The first kappa shape index (κ1) is 18.1. The van der Waals surface area contributed by atoms with E-state index in [-0.39, 0.29) is 22.6 Å². The molecule has 0 radical (unpaired) electrons. The number of halogens is 2. The van der Waals surface area contributed by atoms with E-state index >= 15 is 0 Å². The Morgan fingerprint density at radius 3 is 2.87 bits per heavy atom. The Kier molecular flexibility index (Phi) is 6.73. The number of carbonyl (C=O) groups is 1. The lowest BCUT2D eigenvalue weighted by molar-refractivity contribution is -0.0498. The third-order valence-electron chi connectivity index (χ3n) is 3.74. The number of hydrogen-bond acceptors (Lipinski definition) is 5. The van der Waals surface area contributed by atoms with Crippen LogP contribution in [-0.4, -0.2) is 54.8 Å². The Bertz CT molecular complexity index is 517. The minimum atomic E-state index is -2.94. The number of rotatable bonds is 7. The van der Waals surface area contributed by atoms with E-state index in [0.717, 1.165) is 55.1 Å². The molecule has 0 unspecified atom stereocenters. The van der Waals surface area contributed by atoms with Gasteiger partial charge in [-0.05, 0) is 38.8 Å². The number of aliphatic hydroxyl groups excluding tert-OH is 1. The molecular weight excluding hydrogens is 326 g/mol. The van der Waals surface area contributed by atoms with Gasteiger partial charge in [-0.1, -0.05) is 0 Å². The molecule has 1 aromatic rings. The molecule has 0 saturated carbocycles. The number of piperidine rings is 1. The second-order valence-corrected chi connectivity index (χ2v) is 6.87. The first-order valence-electron chi connectivity index (χ1n) is 7.69. The van der Waals surface area contributed by atoms with Crippen molar-refractivity contribution in [1.29, 1.82) is 0 Å². The third kappa shape index (κ3) is 5.71. The summed E-state index contributed by atoms with van der Waals surface area (Å²) in [5.74, 6) is -0.446. The van der Waals surface area contributed by atoms with Crippen molar-refractivity contribution in [2.75, 3.05) is 26.2 Å². The van der Waals surface area contributed by atoms with Gasteiger partial charge >= 0.3 is 6.61 Å². The number of carbonyl (C=O) groups excluding carboxylic acids is 1. The van der Waals surface area contributed by atoms with Crippen molar-refractivity contribution in [3.63, 3.8) is 0 Å². The number of nitrogens with one attached hydrogen (secondary N) is 1. The van der Waals surface area contributed by atoms with E-state index in [1.807, 2.05) is 0 Å². The molecule has 1 saturated heterocycles. The van der Waals surface area contributed by atoms with E-state index in [9.17, 15) is 18.7 Å². The highest BCUT2D eigenvalue weighted by molar-refractivity contribution is 7.14. The van der Waals surface area contributed by atoms with Crippen molar-refractivity contribution < 1.29 is 23.4 Å². The van der Waals surface area contributed by atoms with E-state index in [1.165, 1.54) is 6.07 Å². The van der Waals surface area contributed by atoms with Crippen LogP contribution in [0.1, 0.15) is 33.8 Å². The fourth-order valence-corrected chi connectivity index (χ4v) is 3.42. The van der Waals surface area contributed by atoms with E-state index in [4.69, 9.17) is 0 Å². The summed E-state index contributed by atoms with van der Waals surface area (Å²) in [5.41, 5.74) is 0. The fourth-order valence-electron chi connectivity index (χ4n) is 2.56. The Hall–Kier alpha value is -1.25. The van der Waals surface area contributed by atoms with Gasteiger partial charge in [-0.15, -0.1) is 11.3 Å². The lowest BCUT2D eigenvalue weighted by Crippen LogP contribution is -2.37. The minimum Gasteiger partial charge on any atom is -0.433 e. The first-order chi connectivity index (χ1) is 11.0. The molecule has 0 spiro atoms. The van der Waals surface area contributed by atoms with Crippen LogP contribution in [-0.2, 0) is 0 Å². The van der Waals surface area contributed by atoms with E-state index in [2.05, 4.69) is 15.0 Å². The highest BCUT2D eigenvalue weighted by Crippen LogP contribution is 2.30. The van der Waals surface area contributed by atoms with Crippen LogP contribution in [0.2, 0.25) is 0 Å². The van der Waals surface area contributed by atoms with Crippen molar-refractivity contribution in [2.45, 2.75) is 38.9 Å². The molecule has 0 aromatic carbocycles. The Labute approximate surface area is 138 Å². The van der Waals surface area contributed by atoms with Gasteiger partial charge in [-0.25, -0.2) is 0 Å². The molecule has 1 aliphatic heterocycles. The number of ether oxygens (including phenoxy) is 1. The predicted molar refractivity (Wildman–Crippen MR) is 84.3 cm³/mol. The van der Waals surface area contributed by atoms with Gasteiger partial charge < -0.3 is 20.1 Å². The number of aryl methyl sites for hydroxylation is 1. The summed E-state index contributed by atoms with van der Waals surface area (Å²) in [6.07, 6.45) is 2.16. The van der Waals surface area contributed by atoms with Gasteiger partial charge in [-0.3, -0.25) is 4.79 Å². The van der Waals surface area contributed by atoms with Crippen LogP contribution in [0.5, 0.6) is 5.75 Å². The molecule has 2 N–H and O–H groups in total. The molecular formula is C15H22F2N2O3S. The monoisotopic (exact) mass is 348 g/mol. The summed E-state index contributed by atoms with van der Waals surface area (Å²) < 4.78 is 29.1. The quantitative estimate of drug-likeness (QED) is 0.742. The van der Waals surface area contributed by atoms with Gasteiger partial charge in [0.1, 0.15) is 10.6 Å². The molecule has 130 valence electrons. The zero-order valence-electron chi connectivity index (χ0n) is 13.1. The molecule has 5 nitrogen and oxygen atoms in total. The predicted octanol–water partition coefficient (Wildman–Crippen LogP) is 2.23. The average molecular weight is 348 g/mol. The second kappa shape index (κ2) is 8.56. The molecule has 1 amide bonds. The van der Waals surface area contributed by atoms with Crippen molar-refractivity contribution in [1.82, 2.24) is 10.2 Å². The molecule has 2 rings (SSSR count). The average Bonchev–Trinajstić information content (AvgIpc) is 2.85. The SMILES string of the molecule is Cc1cc(OC(F)F)c(C(=O)NCCCN2CCC(O)CC2)s1. The maximum Gasteiger partial charge on any atom is 0.387 e. The first-order valence-corrected chi connectivity index (χ1v) is 8.51.